The number of unbranched alkanes of at least 4 members (excludes halogenated alkanes) is 1. The third-order valence-electron chi connectivity index (χ3n) is 3.23. The summed E-state index contributed by atoms with van der Waals surface area (Å²) < 4.78 is 5.16. The molecule has 3 N–H and O–H groups in total. The second-order valence-corrected chi connectivity index (χ2v) is 6.50. The van der Waals surface area contributed by atoms with E-state index in [0.717, 1.165) is 38.0 Å². The first-order valence-electron chi connectivity index (χ1n) is 7.79. The summed E-state index contributed by atoms with van der Waals surface area (Å²) in [5.41, 5.74) is -0.610. The highest BCUT2D eigenvalue weighted by atomic mass is 32.2. The first-order chi connectivity index (χ1) is 10.00. The van der Waals surface area contributed by atoms with Crippen LogP contribution in [0, 0.1) is 0 Å². The van der Waals surface area contributed by atoms with E-state index in [0.29, 0.717) is 12.4 Å². The van der Waals surface area contributed by atoms with Crippen molar-refractivity contribution in [2.45, 2.75) is 58.1 Å². The molecule has 21 heavy (non-hydrogen) atoms. The molecule has 0 aromatic carbocycles. The fraction of sp³-hybridized carbons (Fsp3) is 0.933. The van der Waals surface area contributed by atoms with Crippen molar-refractivity contribution in [2.24, 2.45) is 0 Å². The van der Waals surface area contributed by atoms with Gasteiger partial charge in [0.1, 0.15) is 5.54 Å². The smallest absolute Gasteiger partial charge is 0.326 e. The zero-order valence-corrected chi connectivity index (χ0v) is 14.4. The fourth-order valence-electron chi connectivity index (χ4n) is 1.91. The second kappa shape index (κ2) is 12.3. The normalized spacial score (nSPS) is 15.5. The van der Waals surface area contributed by atoms with Crippen LogP contribution in [-0.4, -0.2) is 59.1 Å². The van der Waals surface area contributed by atoms with Gasteiger partial charge in [-0.05, 0) is 45.4 Å². The van der Waals surface area contributed by atoms with Gasteiger partial charge in [-0.3, -0.25) is 4.79 Å². The van der Waals surface area contributed by atoms with Crippen molar-refractivity contribution in [3.05, 3.63) is 0 Å². The molecule has 0 aromatic rings. The molecule has 0 rings (SSSR count). The molecular formula is C15H31NO4S. The minimum Gasteiger partial charge on any atom is -0.465 e. The number of carbonyl (C=O) groups is 1. The van der Waals surface area contributed by atoms with Crippen molar-refractivity contribution < 1.29 is 19.7 Å². The Morgan fingerprint density at radius 1 is 1.38 bits per heavy atom. The summed E-state index contributed by atoms with van der Waals surface area (Å²) >= 11 is 1.63. The molecule has 6 heteroatoms. The molecule has 5 nitrogen and oxygen atoms in total. The van der Waals surface area contributed by atoms with Gasteiger partial charge in [-0.25, -0.2) is 0 Å². The van der Waals surface area contributed by atoms with E-state index < -0.39 is 11.6 Å². The van der Waals surface area contributed by atoms with Crippen LogP contribution in [-0.2, 0) is 9.53 Å². The van der Waals surface area contributed by atoms with Gasteiger partial charge in [0.15, 0.2) is 0 Å². The first kappa shape index (κ1) is 20.7. The number of hydrogen-bond donors (Lipinski definition) is 3. The molecular weight excluding hydrogens is 290 g/mol. The summed E-state index contributed by atoms with van der Waals surface area (Å²) in [6.45, 7) is 6.81. The summed E-state index contributed by atoms with van der Waals surface area (Å²) in [6.07, 6.45) is 2.99. The number of rotatable bonds is 13. The van der Waals surface area contributed by atoms with Crippen LogP contribution in [0.25, 0.3) is 0 Å². The molecule has 0 aromatic heterocycles. The van der Waals surface area contributed by atoms with E-state index in [1.54, 1.807) is 11.8 Å². The van der Waals surface area contributed by atoms with Gasteiger partial charge in [-0.2, -0.15) is 11.8 Å². The minimum atomic E-state index is -0.633. The first-order valence-corrected chi connectivity index (χ1v) is 8.94. The van der Waals surface area contributed by atoms with Gasteiger partial charge in [-0.15, -0.1) is 0 Å². The summed E-state index contributed by atoms with van der Waals surface area (Å²) in [5.74, 6) is 1.30. The molecule has 0 aliphatic heterocycles. The van der Waals surface area contributed by atoms with Gasteiger partial charge >= 0.3 is 5.97 Å². The molecule has 126 valence electrons. The number of thioether (sulfide) groups is 1. The lowest BCUT2D eigenvalue weighted by Crippen LogP contribution is -2.50. The van der Waals surface area contributed by atoms with Crippen molar-refractivity contribution in [3.8, 4) is 0 Å². The van der Waals surface area contributed by atoms with E-state index in [-0.39, 0.29) is 12.6 Å². The summed E-state index contributed by atoms with van der Waals surface area (Å²) in [6, 6.07) is 0. The quantitative estimate of drug-likeness (QED) is 0.353. The summed E-state index contributed by atoms with van der Waals surface area (Å²) in [7, 11) is 0. The Labute approximate surface area is 132 Å². The average Bonchev–Trinajstić information content (AvgIpc) is 2.48. The van der Waals surface area contributed by atoms with Crippen LogP contribution in [0.3, 0.4) is 0 Å². The largest absolute Gasteiger partial charge is 0.465 e. The molecule has 0 spiro atoms. The third-order valence-corrected chi connectivity index (χ3v) is 4.43. The number of aliphatic hydroxyl groups is 2. The van der Waals surface area contributed by atoms with Gasteiger partial charge in [-0.1, -0.05) is 13.3 Å². The van der Waals surface area contributed by atoms with Crippen LogP contribution in [0.2, 0.25) is 0 Å². The van der Waals surface area contributed by atoms with Gasteiger partial charge in [0.05, 0.1) is 19.3 Å². The highest BCUT2D eigenvalue weighted by molar-refractivity contribution is 7.99. The summed E-state index contributed by atoms with van der Waals surface area (Å²) in [5, 5.41) is 21.2. The summed E-state index contributed by atoms with van der Waals surface area (Å²) in [4.78, 5) is 12.1. The lowest BCUT2D eigenvalue weighted by Gasteiger charge is -2.28. The molecule has 0 radical (unpaired) electrons. The van der Waals surface area contributed by atoms with Crippen molar-refractivity contribution >= 4 is 17.7 Å². The van der Waals surface area contributed by atoms with Gasteiger partial charge in [0.2, 0.25) is 0 Å². The van der Waals surface area contributed by atoms with E-state index in [9.17, 15) is 9.90 Å². The Hall–Kier alpha value is -0.300. The molecule has 2 unspecified atom stereocenters. The molecule has 0 fully saturated rings. The van der Waals surface area contributed by atoms with Crippen LogP contribution in [0.4, 0.5) is 0 Å². The lowest BCUT2D eigenvalue weighted by molar-refractivity contribution is -0.150. The molecule has 0 aliphatic rings. The van der Waals surface area contributed by atoms with E-state index in [1.807, 2.05) is 13.8 Å². The van der Waals surface area contributed by atoms with Gasteiger partial charge < -0.3 is 20.3 Å². The Bertz CT molecular complexity index is 278. The van der Waals surface area contributed by atoms with Gasteiger partial charge in [0.25, 0.3) is 0 Å². The third kappa shape index (κ3) is 9.34. The van der Waals surface area contributed by atoms with E-state index in [1.165, 1.54) is 0 Å². The molecule has 0 amide bonds. The molecule has 0 bridgehead atoms. The van der Waals surface area contributed by atoms with Gasteiger partial charge in [0, 0.05) is 5.75 Å². The molecule has 0 saturated heterocycles. The number of hydrogen-bond acceptors (Lipinski definition) is 6. The highest BCUT2D eigenvalue weighted by Crippen LogP contribution is 2.18. The SMILES string of the molecule is CCCNC(C)(CCCCSCC(O)CO)C(=O)OCC. The van der Waals surface area contributed by atoms with Crippen LogP contribution in [0.15, 0.2) is 0 Å². The monoisotopic (exact) mass is 321 g/mol. The zero-order valence-electron chi connectivity index (χ0n) is 13.6. The molecule has 2 atom stereocenters. The Balaban J connectivity index is 4.03. The number of carbonyl (C=O) groups excluding carboxylic acids is 1. The average molecular weight is 321 g/mol. The van der Waals surface area contributed by atoms with Crippen molar-refractivity contribution in [3.63, 3.8) is 0 Å². The number of aliphatic hydroxyl groups excluding tert-OH is 2. The number of nitrogens with one attached hydrogen (secondary N) is 1. The Morgan fingerprint density at radius 3 is 2.67 bits per heavy atom. The van der Waals surface area contributed by atoms with Crippen LogP contribution in [0.5, 0.6) is 0 Å². The van der Waals surface area contributed by atoms with Crippen molar-refractivity contribution in [2.75, 3.05) is 31.3 Å². The topological polar surface area (TPSA) is 78.8 Å². The Morgan fingerprint density at radius 2 is 2.10 bits per heavy atom. The van der Waals surface area contributed by atoms with E-state index in [4.69, 9.17) is 9.84 Å². The zero-order chi connectivity index (χ0) is 16.1. The van der Waals surface area contributed by atoms with Crippen molar-refractivity contribution in [1.29, 1.82) is 0 Å². The lowest BCUT2D eigenvalue weighted by atomic mass is 9.95. The van der Waals surface area contributed by atoms with E-state index >= 15 is 0 Å². The van der Waals surface area contributed by atoms with Crippen molar-refractivity contribution in [1.82, 2.24) is 5.32 Å². The standard InChI is InChI=1S/C15H31NO4S/c1-4-9-16-15(3,14(19)20-5-2)8-6-7-10-21-12-13(18)11-17/h13,16-18H,4-12H2,1-3H3. The van der Waals surface area contributed by atoms with Crippen LogP contribution < -0.4 is 5.32 Å². The second-order valence-electron chi connectivity index (χ2n) is 5.35. The Kier molecular flexibility index (Phi) is 12.1. The number of esters is 1. The molecule has 0 saturated carbocycles. The van der Waals surface area contributed by atoms with E-state index in [2.05, 4.69) is 12.2 Å². The predicted octanol–water partition coefficient (Wildman–Crippen LogP) is 1.56. The molecule has 0 heterocycles. The molecule has 0 aliphatic carbocycles. The maximum absolute atomic E-state index is 12.1. The van der Waals surface area contributed by atoms with Crippen LogP contribution in [0.1, 0.15) is 46.5 Å². The predicted molar refractivity (Wildman–Crippen MR) is 87.6 cm³/mol. The maximum Gasteiger partial charge on any atom is 0.326 e. The highest BCUT2D eigenvalue weighted by Gasteiger charge is 2.33. The number of ether oxygens (including phenoxy) is 1. The maximum atomic E-state index is 12.1. The minimum absolute atomic E-state index is 0.179. The fourth-order valence-corrected chi connectivity index (χ4v) is 2.86. The van der Waals surface area contributed by atoms with Crippen LogP contribution >= 0.6 is 11.8 Å².